The second-order valence-electron chi connectivity index (χ2n) is 7.24. The van der Waals surface area contributed by atoms with Crippen LogP contribution in [0.1, 0.15) is 42.6 Å². The van der Waals surface area contributed by atoms with Gasteiger partial charge < -0.3 is 10.1 Å². The third-order valence-corrected chi connectivity index (χ3v) is 5.08. The van der Waals surface area contributed by atoms with Crippen molar-refractivity contribution in [2.45, 2.75) is 33.2 Å². The Bertz CT molecular complexity index is 820. The highest BCUT2D eigenvalue weighted by Gasteiger charge is 2.26. The van der Waals surface area contributed by atoms with Crippen molar-refractivity contribution in [3.05, 3.63) is 59.7 Å². The molecule has 2 aromatic carbocycles. The van der Waals surface area contributed by atoms with Crippen molar-refractivity contribution in [1.82, 2.24) is 4.90 Å². The number of amides is 1. The minimum Gasteiger partial charge on any atom is -0.494 e. The first-order valence-electron chi connectivity index (χ1n) is 9.91. The molecule has 1 amide bonds. The normalized spacial score (nSPS) is 17.1. The summed E-state index contributed by atoms with van der Waals surface area (Å²) >= 11 is 0. The highest BCUT2D eigenvalue weighted by molar-refractivity contribution is 5.94. The SMILES string of the molecule is CCOc1ccc(C(C)=O)cc1CN1CCCC(C(=O)Nc2ccccc2)C1. The number of nitrogens with one attached hydrogen (secondary N) is 1. The summed E-state index contributed by atoms with van der Waals surface area (Å²) in [5, 5.41) is 3.02. The number of benzene rings is 2. The van der Waals surface area contributed by atoms with Crippen molar-refractivity contribution in [2.75, 3.05) is 25.0 Å². The average Bonchev–Trinajstić information content (AvgIpc) is 2.70. The molecule has 1 saturated heterocycles. The van der Waals surface area contributed by atoms with Gasteiger partial charge in [-0.25, -0.2) is 0 Å². The van der Waals surface area contributed by atoms with Crippen molar-refractivity contribution >= 4 is 17.4 Å². The molecule has 28 heavy (non-hydrogen) atoms. The van der Waals surface area contributed by atoms with E-state index >= 15 is 0 Å². The number of Topliss-reactive ketones (excluding diaryl/α,β-unsaturated/α-hetero) is 1. The first-order valence-corrected chi connectivity index (χ1v) is 9.91. The number of piperidine rings is 1. The fourth-order valence-corrected chi connectivity index (χ4v) is 3.64. The molecule has 0 bridgehead atoms. The molecule has 0 saturated carbocycles. The Morgan fingerprint density at radius 2 is 1.96 bits per heavy atom. The van der Waals surface area contributed by atoms with Crippen LogP contribution in [0, 0.1) is 5.92 Å². The molecule has 0 spiro atoms. The van der Waals surface area contributed by atoms with E-state index in [1.165, 1.54) is 0 Å². The van der Waals surface area contributed by atoms with E-state index in [2.05, 4.69) is 10.2 Å². The summed E-state index contributed by atoms with van der Waals surface area (Å²) in [7, 11) is 0. The molecule has 148 valence electrons. The van der Waals surface area contributed by atoms with Crippen molar-refractivity contribution in [3.8, 4) is 5.75 Å². The van der Waals surface area contributed by atoms with Crippen LogP contribution < -0.4 is 10.1 Å². The Balaban J connectivity index is 1.68. The van der Waals surface area contributed by atoms with E-state index < -0.39 is 0 Å². The Hall–Kier alpha value is -2.66. The van der Waals surface area contributed by atoms with Crippen molar-refractivity contribution < 1.29 is 14.3 Å². The minimum atomic E-state index is -0.0412. The third kappa shape index (κ3) is 5.20. The fraction of sp³-hybridized carbons (Fsp3) is 0.391. The maximum Gasteiger partial charge on any atom is 0.228 e. The van der Waals surface area contributed by atoms with Gasteiger partial charge in [0.15, 0.2) is 5.78 Å². The maximum absolute atomic E-state index is 12.7. The zero-order chi connectivity index (χ0) is 19.9. The molecule has 5 nitrogen and oxygen atoms in total. The number of likely N-dealkylation sites (tertiary alicyclic amines) is 1. The summed E-state index contributed by atoms with van der Waals surface area (Å²) in [4.78, 5) is 26.7. The van der Waals surface area contributed by atoms with Crippen LogP contribution in [0.3, 0.4) is 0 Å². The van der Waals surface area contributed by atoms with Gasteiger partial charge in [0.05, 0.1) is 12.5 Å². The zero-order valence-electron chi connectivity index (χ0n) is 16.6. The van der Waals surface area contributed by atoms with Crippen LogP contribution in [0.4, 0.5) is 5.69 Å². The molecule has 1 N–H and O–H groups in total. The Kier molecular flexibility index (Phi) is 6.82. The number of ketones is 1. The topological polar surface area (TPSA) is 58.6 Å². The molecule has 0 aromatic heterocycles. The molecule has 1 atom stereocenters. The second kappa shape index (κ2) is 9.51. The lowest BCUT2D eigenvalue weighted by atomic mass is 9.96. The minimum absolute atomic E-state index is 0.0412. The lowest BCUT2D eigenvalue weighted by Gasteiger charge is -2.32. The number of anilines is 1. The Morgan fingerprint density at radius 1 is 1.18 bits per heavy atom. The van der Waals surface area contributed by atoms with Crippen molar-refractivity contribution in [3.63, 3.8) is 0 Å². The summed E-state index contributed by atoms with van der Waals surface area (Å²) in [5.74, 6) is 0.880. The van der Waals surface area contributed by atoms with E-state index in [1.807, 2.05) is 55.5 Å². The van der Waals surface area contributed by atoms with E-state index in [4.69, 9.17) is 4.74 Å². The highest BCUT2D eigenvalue weighted by Crippen LogP contribution is 2.26. The monoisotopic (exact) mass is 380 g/mol. The van der Waals surface area contributed by atoms with Gasteiger partial charge >= 0.3 is 0 Å². The van der Waals surface area contributed by atoms with E-state index in [1.54, 1.807) is 6.92 Å². The fourth-order valence-electron chi connectivity index (χ4n) is 3.64. The smallest absolute Gasteiger partial charge is 0.228 e. The number of hydrogen-bond donors (Lipinski definition) is 1. The van der Waals surface area contributed by atoms with E-state index in [0.717, 1.165) is 36.4 Å². The lowest BCUT2D eigenvalue weighted by molar-refractivity contribution is -0.121. The van der Waals surface area contributed by atoms with Crippen molar-refractivity contribution in [1.29, 1.82) is 0 Å². The predicted octanol–water partition coefficient (Wildman–Crippen LogP) is 4.14. The largest absolute Gasteiger partial charge is 0.494 e. The summed E-state index contributed by atoms with van der Waals surface area (Å²) in [6.45, 7) is 6.41. The van der Waals surface area contributed by atoms with Gasteiger partial charge in [0.1, 0.15) is 5.75 Å². The summed E-state index contributed by atoms with van der Waals surface area (Å²) in [5.41, 5.74) is 2.52. The van der Waals surface area contributed by atoms with E-state index in [9.17, 15) is 9.59 Å². The third-order valence-electron chi connectivity index (χ3n) is 5.08. The number of rotatable bonds is 7. The highest BCUT2D eigenvalue weighted by atomic mass is 16.5. The number of hydrogen-bond acceptors (Lipinski definition) is 4. The van der Waals surface area contributed by atoms with Gasteiger partial charge in [0.25, 0.3) is 0 Å². The maximum atomic E-state index is 12.7. The molecule has 1 fully saturated rings. The first-order chi connectivity index (χ1) is 13.6. The number of carbonyl (C=O) groups excluding carboxylic acids is 2. The van der Waals surface area contributed by atoms with Gasteiger partial charge in [0, 0.05) is 29.9 Å². The van der Waals surface area contributed by atoms with Crippen LogP contribution >= 0.6 is 0 Å². The van der Waals surface area contributed by atoms with Gasteiger partial charge in [-0.05, 0) is 63.6 Å². The molecule has 0 aliphatic carbocycles. The van der Waals surface area contributed by atoms with Crippen molar-refractivity contribution in [2.24, 2.45) is 5.92 Å². The van der Waals surface area contributed by atoms with Gasteiger partial charge in [-0.3, -0.25) is 14.5 Å². The summed E-state index contributed by atoms with van der Waals surface area (Å²) < 4.78 is 5.75. The molecule has 3 rings (SSSR count). The van der Waals surface area contributed by atoms with Crippen LogP contribution in [-0.4, -0.2) is 36.3 Å². The van der Waals surface area contributed by atoms with Crippen LogP contribution in [-0.2, 0) is 11.3 Å². The number of nitrogens with zero attached hydrogens (tertiary/aromatic N) is 1. The van der Waals surface area contributed by atoms with Gasteiger partial charge in [0.2, 0.25) is 5.91 Å². The summed E-state index contributed by atoms with van der Waals surface area (Å²) in [6, 6.07) is 15.2. The second-order valence-corrected chi connectivity index (χ2v) is 7.24. The quantitative estimate of drug-likeness (QED) is 0.734. The van der Waals surface area contributed by atoms with Crippen LogP contribution in [0.2, 0.25) is 0 Å². The number of para-hydroxylation sites is 1. The lowest BCUT2D eigenvalue weighted by Crippen LogP contribution is -2.40. The van der Waals surface area contributed by atoms with Crippen LogP contribution in [0.15, 0.2) is 48.5 Å². The Labute approximate surface area is 166 Å². The average molecular weight is 380 g/mol. The summed E-state index contributed by atoms with van der Waals surface area (Å²) in [6.07, 6.45) is 1.87. The molecule has 1 aliphatic heterocycles. The van der Waals surface area contributed by atoms with Gasteiger partial charge in [-0.15, -0.1) is 0 Å². The van der Waals surface area contributed by atoms with E-state index in [0.29, 0.717) is 25.3 Å². The molecule has 5 heteroatoms. The van der Waals surface area contributed by atoms with Crippen LogP contribution in [0.5, 0.6) is 5.75 Å². The van der Waals surface area contributed by atoms with Crippen LogP contribution in [0.25, 0.3) is 0 Å². The van der Waals surface area contributed by atoms with Gasteiger partial charge in [-0.1, -0.05) is 18.2 Å². The molecular formula is C23H28N2O3. The predicted molar refractivity (Wildman–Crippen MR) is 111 cm³/mol. The molecule has 1 aliphatic rings. The standard InChI is InChI=1S/C23H28N2O3/c1-3-28-22-12-11-18(17(2)26)14-20(22)16-25-13-7-8-19(15-25)23(27)24-21-9-5-4-6-10-21/h4-6,9-12,14,19H,3,7-8,13,15-16H2,1-2H3,(H,24,27). The molecule has 2 aromatic rings. The van der Waals surface area contributed by atoms with Gasteiger partial charge in [-0.2, -0.15) is 0 Å². The molecular weight excluding hydrogens is 352 g/mol. The Morgan fingerprint density at radius 3 is 2.68 bits per heavy atom. The number of ether oxygens (including phenoxy) is 1. The molecule has 0 radical (unpaired) electrons. The van der Waals surface area contributed by atoms with E-state index in [-0.39, 0.29) is 17.6 Å². The first kappa shape index (κ1) is 20.1. The number of carbonyl (C=O) groups is 2. The zero-order valence-corrected chi connectivity index (χ0v) is 16.6. The molecule has 1 heterocycles. The molecule has 1 unspecified atom stereocenters.